The first kappa shape index (κ1) is 18.9. The third-order valence-electron chi connectivity index (χ3n) is 3.58. The van der Waals surface area contributed by atoms with Crippen LogP contribution in [0.4, 0.5) is 5.00 Å². The van der Waals surface area contributed by atoms with Crippen LogP contribution in [0.1, 0.15) is 48.0 Å². The molecule has 2 N–H and O–H groups in total. The number of rotatable bonds is 6. The van der Waals surface area contributed by atoms with Crippen molar-refractivity contribution in [3.05, 3.63) is 16.0 Å². The Balaban J connectivity index is 2.21. The zero-order chi connectivity index (χ0) is 17.7. The molecule has 0 saturated carbocycles. The molecule has 1 aromatic rings. The maximum Gasteiger partial charge on any atom is 0.254 e. The van der Waals surface area contributed by atoms with Crippen molar-refractivity contribution in [2.75, 3.05) is 32.2 Å². The normalized spacial score (nSPS) is 14.2. The van der Waals surface area contributed by atoms with Gasteiger partial charge in [0.25, 0.3) is 5.91 Å². The van der Waals surface area contributed by atoms with E-state index in [1.807, 2.05) is 20.8 Å². The standard InChI is InChI=1S/C17H26N2O4S/c1-17(2,3)9-13(20)19-16-14(15(21)18-6-8-22-4)11-5-7-23-10-12(11)24-16/h5-10H2,1-4H3,(H,18,21)(H,19,20). The average Bonchev–Trinajstić information content (AvgIpc) is 2.82. The van der Waals surface area contributed by atoms with Crippen LogP contribution in [0.15, 0.2) is 0 Å². The van der Waals surface area contributed by atoms with E-state index in [-0.39, 0.29) is 17.2 Å². The molecule has 0 aromatic carbocycles. The van der Waals surface area contributed by atoms with Crippen molar-refractivity contribution in [1.29, 1.82) is 0 Å². The topological polar surface area (TPSA) is 76.7 Å². The first-order valence-electron chi connectivity index (χ1n) is 8.11. The molecule has 0 saturated heterocycles. The first-order chi connectivity index (χ1) is 11.3. The molecule has 0 atom stereocenters. The SMILES string of the molecule is COCCNC(=O)c1c(NC(=O)CC(C)(C)C)sc2c1CCOC2. The molecule has 0 unspecified atom stereocenters. The fourth-order valence-electron chi connectivity index (χ4n) is 2.57. The zero-order valence-corrected chi connectivity index (χ0v) is 15.6. The largest absolute Gasteiger partial charge is 0.383 e. The van der Waals surface area contributed by atoms with Gasteiger partial charge in [0.1, 0.15) is 5.00 Å². The molecule has 1 aliphatic heterocycles. The van der Waals surface area contributed by atoms with E-state index < -0.39 is 0 Å². The van der Waals surface area contributed by atoms with Crippen LogP contribution in [0.5, 0.6) is 0 Å². The lowest BCUT2D eigenvalue weighted by molar-refractivity contribution is -0.117. The van der Waals surface area contributed by atoms with E-state index in [1.54, 1.807) is 7.11 Å². The predicted molar refractivity (Wildman–Crippen MR) is 94.6 cm³/mol. The molecule has 2 heterocycles. The number of thiophene rings is 1. The van der Waals surface area contributed by atoms with Crippen molar-refractivity contribution in [2.24, 2.45) is 5.41 Å². The van der Waals surface area contributed by atoms with E-state index in [2.05, 4.69) is 10.6 Å². The Labute approximate surface area is 146 Å². The molecule has 1 aliphatic rings. The minimum absolute atomic E-state index is 0.0760. The van der Waals surface area contributed by atoms with Crippen molar-refractivity contribution >= 4 is 28.2 Å². The lowest BCUT2D eigenvalue weighted by Crippen LogP contribution is -2.29. The Morgan fingerprint density at radius 3 is 2.75 bits per heavy atom. The minimum atomic E-state index is -0.169. The maximum atomic E-state index is 12.6. The van der Waals surface area contributed by atoms with Gasteiger partial charge >= 0.3 is 0 Å². The van der Waals surface area contributed by atoms with Crippen molar-refractivity contribution in [1.82, 2.24) is 5.32 Å². The summed E-state index contributed by atoms with van der Waals surface area (Å²) in [5.41, 5.74) is 1.47. The smallest absolute Gasteiger partial charge is 0.254 e. The third-order valence-corrected chi connectivity index (χ3v) is 4.70. The number of anilines is 1. The monoisotopic (exact) mass is 354 g/mol. The van der Waals surface area contributed by atoms with Gasteiger partial charge in [-0.1, -0.05) is 20.8 Å². The minimum Gasteiger partial charge on any atom is -0.383 e. The fraction of sp³-hybridized carbons (Fsp3) is 0.647. The second-order valence-electron chi connectivity index (χ2n) is 7.04. The van der Waals surface area contributed by atoms with Gasteiger partial charge in [-0.3, -0.25) is 9.59 Å². The van der Waals surface area contributed by atoms with E-state index in [0.717, 1.165) is 10.4 Å². The number of nitrogens with one attached hydrogen (secondary N) is 2. The Kier molecular flexibility index (Phi) is 6.37. The van der Waals surface area contributed by atoms with Crippen molar-refractivity contribution < 1.29 is 19.1 Å². The zero-order valence-electron chi connectivity index (χ0n) is 14.8. The number of carbonyl (C=O) groups excluding carboxylic acids is 2. The molecule has 1 aromatic heterocycles. The molecule has 2 rings (SSSR count). The van der Waals surface area contributed by atoms with Crippen LogP contribution in [-0.4, -0.2) is 38.7 Å². The second-order valence-corrected chi connectivity index (χ2v) is 8.15. The number of ether oxygens (including phenoxy) is 2. The van der Waals surface area contributed by atoms with E-state index in [9.17, 15) is 9.59 Å². The van der Waals surface area contributed by atoms with E-state index >= 15 is 0 Å². The summed E-state index contributed by atoms with van der Waals surface area (Å²) in [6, 6.07) is 0. The van der Waals surface area contributed by atoms with Gasteiger partial charge in [0.15, 0.2) is 0 Å². The van der Waals surface area contributed by atoms with Gasteiger partial charge in [-0.2, -0.15) is 0 Å². The van der Waals surface area contributed by atoms with Crippen LogP contribution in [-0.2, 0) is 27.3 Å². The van der Waals surface area contributed by atoms with Crippen LogP contribution in [0.3, 0.4) is 0 Å². The van der Waals surface area contributed by atoms with Gasteiger partial charge in [0, 0.05) is 25.0 Å². The van der Waals surface area contributed by atoms with Crippen molar-refractivity contribution in [3.63, 3.8) is 0 Å². The highest BCUT2D eigenvalue weighted by Gasteiger charge is 2.27. The highest BCUT2D eigenvalue weighted by molar-refractivity contribution is 7.17. The summed E-state index contributed by atoms with van der Waals surface area (Å²) in [6.07, 6.45) is 1.09. The van der Waals surface area contributed by atoms with Crippen LogP contribution in [0.2, 0.25) is 0 Å². The van der Waals surface area contributed by atoms with Crippen LogP contribution >= 0.6 is 11.3 Å². The van der Waals surface area contributed by atoms with E-state index in [4.69, 9.17) is 9.47 Å². The lowest BCUT2D eigenvalue weighted by atomic mass is 9.92. The molecular weight excluding hydrogens is 328 g/mol. The highest BCUT2D eigenvalue weighted by Crippen LogP contribution is 2.37. The quantitative estimate of drug-likeness (QED) is 0.770. The molecule has 0 bridgehead atoms. The third kappa shape index (κ3) is 5.03. The predicted octanol–water partition coefficient (Wildman–Crippen LogP) is 2.57. The summed E-state index contributed by atoms with van der Waals surface area (Å²) >= 11 is 1.43. The van der Waals surface area contributed by atoms with E-state index in [0.29, 0.717) is 49.8 Å². The molecule has 0 radical (unpaired) electrons. The molecule has 6 nitrogen and oxygen atoms in total. The molecule has 24 heavy (non-hydrogen) atoms. The van der Waals surface area contributed by atoms with Gasteiger partial charge in [-0.05, 0) is 17.4 Å². The number of carbonyl (C=O) groups is 2. The summed E-state index contributed by atoms with van der Waals surface area (Å²) in [5.74, 6) is -0.245. The second kappa shape index (κ2) is 8.09. The fourth-order valence-corrected chi connectivity index (χ4v) is 3.77. The van der Waals surface area contributed by atoms with Gasteiger partial charge < -0.3 is 20.1 Å². The first-order valence-corrected chi connectivity index (χ1v) is 8.93. The molecule has 7 heteroatoms. The summed E-state index contributed by atoms with van der Waals surface area (Å²) in [7, 11) is 1.59. The van der Waals surface area contributed by atoms with Gasteiger partial charge in [-0.15, -0.1) is 11.3 Å². The van der Waals surface area contributed by atoms with Gasteiger partial charge in [0.05, 0.1) is 25.4 Å². The van der Waals surface area contributed by atoms with Gasteiger partial charge in [0.2, 0.25) is 5.91 Å². The average molecular weight is 354 g/mol. The number of methoxy groups -OCH3 is 1. The van der Waals surface area contributed by atoms with Crippen LogP contribution < -0.4 is 10.6 Å². The number of hydrogen-bond acceptors (Lipinski definition) is 5. The Hall–Kier alpha value is -1.44. The van der Waals surface area contributed by atoms with Gasteiger partial charge in [-0.25, -0.2) is 0 Å². The Morgan fingerprint density at radius 2 is 2.08 bits per heavy atom. The summed E-state index contributed by atoms with van der Waals surface area (Å²) in [6.45, 7) is 8.01. The molecule has 0 aliphatic carbocycles. The van der Waals surface area contributed by atoms with Crippen LogP contribution in [0, 0.1) is 5.41 Å². The summed E-state index contributed by atoms with van der Waals surface area (Å²) in [5, 5.41) is 6.40. The van der Waals surface area contributed by atoms with E-state index in [1.165, 1.54) is 11.3 Å². The molecule has 2 amide bonds. The molecule has 134 valence electrons. The van der Waals surface area contributed by atoms with Crippen molar-refractivity contribution in [2.45, 2.75) is 40.2 Å². The lowest BCUT2D eigenvalue weighted by Gasteiger charge is -2.17. The van der Waals surface area contributed by atoms with Crippen LogP contribution in [0.25, 0.3) is 0 Å². The number of amides is 2. The molecule has 0 fully saturated rings. The summed E-state index contributed by atoms with van der Waals surface area (Å²) < 4.78 is 10.4. The maximum absolute atomic E-state index is 12.6. The number of hydrogen-bond donors (Lipinski definition) is 2. The Morgan fingerprint density at radius 1 is 1.33 bits per heavy atom. The summed E-state index contributed by atoms with van der Waals surface area (Å²) in [4.78, 5) is 25.9. The molecule has 0 spiro atoms. The molecular formula is C17H26N2O4S. The van der Waals surface area contributed by atoms with Crippen molar-refractivity contribution in [3.8, 4) is 0 Å². The number of fused-ring (bicyclic) bond motifs is 1. The Bertz CT molecular complexity index is 604. The highest BCUT2D eigenvalue weighted by atomic mass is 32.1.